The van der Waals surface area contributed by atoms with Crippen LogP contribution in [0.4, 0.5) is 4.39 Å². The molecule has 4 rings (SSSR count). The second kappa shape index (κ2) is 6.67. The minimum absolute atomic E-state index is 0.0487. The molecule has 1 N–H and O–H groups in total. The first-order chi connectivity index (χ1) is 12.5. The van der Waals surface area contributed by atoms with Gasteiger partial charge in [-0.2, -0.15) is 0 Å². The molecule has 0 amide bonds. The molecular weight excluding hydrogens is 331 g/mol. The third kappa shape index (κ3) is 3.12. The van der Waals surface area contributed by atoms with Gasteiger partial charge in [-0.1, -0.05) is 30.3 Å². The number of hydrogen-bond donors (Lipinski definition) is 1. The highest BCUT2D eigenvalue weighted by Gasteiger charge is 2.50. The van der Waals surface area contributed by atoms with Crippen molar-refractivity contribution in [1.29, 1.82) is 0 Å². The van der Waals surface area contributed by atoms with E-state index in [9.17, 15) is 9.50 Å². The SMILES string of the molecule is COc1ccccc1C1(O)COCC2(CCC(c3ccc(F)cc3)C2)C1. The summed E-state index contributed by atoms with van der Waals surface area (Å²) < 4.78 is 24.6. The molecule has 138 valence electrons. The van der Waals surface area contributed by atoms with Crippen molar-refractivity contribution >= 4 is 0 Å². The number of rotatable bonds is 3. The summed E-state index contributed by atoms with van der Waals surface area (Å²) in [5.74, 6) is 0.885. The van der Waals surface area contributed by atoms with Gasteiger partial charge in [0.1, 0.15) is 17.2 Å². The molecule has 1 spiro atoms. The Bertz CT molecular complexity index is 775. The first-order valence-corrected chi connectivity index (χ1v) is 9.23. The average molecular weight is 356 g/mol. The van der Waals surface area contributed by atoms with Crippen molar-refractivity contribution in [2.45, 2.75) is 37.2 Å². The number of hydrogen-bond acceptors (Lipinski definition) is 3. The van der Waals surface area contributed by atoms with Gasteiger partial charge >= 0.3 is 0 Å². The quantitative estimate of drug-likeness (QED) is 0.886. The van der Waals surface area contributed by atoms with E-state index in [2.05, 4.69) is 0 Å². The Morgan fingerprint density at radius 2 is 1.88 bits per heavy atom. The van der Waals surface area contributed by atoms with E-state index in [-0.39, 0.29) is 17.8 Å². The van der Waals surface area contributed by atoms with Crippen LogP contribution in [-0.4, -0.2) is 25.4 Å². The van der Waals surface area contributed by atoms with Gasteiger partial charge in [-0.15, -0.1) is 0 Å². The van der Waals surface area contributed by atoms with E-state index in [1.54, 1.807) is 7.11 Å². The minimum atomic E-state index is -1.04. The molecule has 1 saturated heterocycles. The lowest BCUT2D eigenvalue weighted by atomic mass is 9.71. The third-order valence-corrected chi connectivity index (χ3v) is 6.07. The fraction of sp³-hybridized carbons (Fsp3) is 0.455. The average Bonchev–Trinajstić information content (AvgIpc) is 3.05. The lowest BCUT2D eigenvalue weighted by molar-refractivity contribution is -0.147. The molecule has 4 heteroatoms. The summed E-state index contributed by atoms with van der Waals surface area (Å²) in [4.78, 5) is 0. The van der Waals surface area contributed by atoms with Crippen LogP contribution >= 0.6 is 0 Å². The molecule has 0 radical (unpaired) electrons. The molecule has 0 bridgehead atoms. The van der Waals surface area contributed by atoms with Gasteiger partial charge in [0.15, 0.2) is 0 Å². The monoisotopic (exact) mass is 356 g/mol. The molecule has 2 fully saturated rings. The molecule has 2 aromatic carbocycles. The molecule has 3 nitrogen and oxygen atoms in total. The highest BCUT2D eigenvalue weighted by atomic mass is 19.1. The van der Waals surface area contributed by atoms with Crippen LogP contribution in [0, 0.1) is 11.2 Å². The van der Waals surface area contributed by atoms with Crippen LogP contribution in [-0.2, 0) is 10.3 Å². The lowest BCUT2D eigenvalue weighted by Gasteiger charge is -2.44. The van der Waals surface area contributed by atoms with Gasteiger partial charge in [0.25, 0.3) is 0 Å². The summed E-state index contributed by atoms with van der Waals surface area (Å²) >= 11 is 0. The Kier molecular flexibility index (Phi) is 4.49. The maximum atomic E-state index is 13.2. The Labute approximate surface area is 153 Å². The van der Waals surface area contributed by atoms with Crippen LogP contribution in [0.5, 0.6) is 5.75 Å². The molecule has 1 heterocycles. The molecular formula is C22H25FO3. The van der Waals surface area contributed by atoms with Crippen LogP contribution in [0.2, 0.25) is 0 Å². The highest BCUT2D eigenvalue weighted by Crippen LogP contribution is 2.55. The molecule has 1 aliphatic heterocycles. The van der Waals surface area contributed by atoms with Crippen molar-refractivity contribution in [2.24, 2.45) is 5.41 Å². The number of aliphatic hydroxyl groups is 1. The molecule has 1 saturated carbocycles. The van der Waals surface area contributed by atoms with Gasteiger partial charge in [-0.25, -0.2) is 4.39 Å². The number of methoxy groups -OCH3 is 1. The fourth-order valence-electron chi connectivity index (χ4n) is 4.88. The standard InChI is InChI=1S/C22H25FO3/c1-25-20-5-3-2-4-19(20)22(24)13-21(14-26-15-22)11-10-17(12-21)16-6-8-18(23)9-7-16/h2-9,17,24H,10-15H2,1H3. The van der Waals surface area contributed by atoms with E-state index in [0.717, 1.165) is 24.8 Å². The van der Waals surface area contributed by atoms with Crippen molar-refractivity contribution in [3.63, 3.8) is 0 Å². The van der Waals surface area contributed by atoms with Crippen molar-refractivity contribution in [3.8, 4) is 5.75 Å². The Morgan fingerprint density at radius 3 is 2.65 bits per heavy atom. The van der Waals surface area contributed by atoms with Gasteiger partial charge < -0.3 is 14.6 Å². The highest BCUT2D eigenvalue weighted by molar-refractivity contribution is 5.39. The molecule has 0 aromatic heterocycles. The third-order valence-electron chi connectivity index (χ3n) is 6.07. The van der Waals surface area contributed by atoms with Crippen molar-refractivity contribution in [3.05, 3.63) is 65.5 Å². The van der Waals surface area contributed by atoms with Gasteiger partial charge in [0, 0.05) is 5.56 Å². The first kappa shape index (κ1) is 17.5. The van der Waals surface area contributed by atoms with E-state index in [4.69, 9.17) is 9.47 Å². The lowest BCUT2D eigenvalue weighted by Crippen LogP contribution is -2.45. The van der Waals surface area contributed by atoms with Crippen LogP contribution < -0.4 is 4.74 Å². The van der Waals surface area contributed by atoms with E-state index >= 15 is 0 Å². The molecule has 26 heavy (non-hydrogen) atoms. The Morgan fingerprint density at radius 1 is 1.12 bits per heavy atom. The topological polar surface area (TPSA) is 38.7 Å². The van der Waals surface area contributed by atoms with Crippen LogP contribution in [0.3, 0.4) is 0 Å². The van der Waals surface area contributed by atoms with Crippen molar-refractivity contribution in [2.75, 3.05) is 20.3 Å². The van der Waals surface area contributed by atoms with E-state index in [1.807, 2.05) is 36.4 Å². The number of ether oxygens (including phenoxy) is 2. The maximum Gasteiger partial charge on any atom is 0.125 e. The Balaban J connectivity index is 1.57. The molecule has 3 atom stereocenters. The first-order valence-electron chi connectivity index (χ1n) is 9.23. The summed E-state index contributed by atoms with van der Waals surface area (Å²) in [6.45, 7) is 0.957. The number of halogens is 1. The maximum absolute atomic E-state index is 13.2. The Hall–Kier alpha value is -1.91. The molecule has 3 unspecified atom stereocenters. The smallest absolute Gasteiger partial charge is 0.125 e. The van der Waals surface area contributed by atoms with Gasteiger partial charge in [0.05, 0.1) is 20.3 Å². The van der Waals surface area contributed by atoms with Gasteiger partial charge in [-0.05, 0) is 60.8 Å². The predicted molar refractivity (Wildman–Crippen MR) is 97.8 cm³/mol. The van der Waals surface area contributed by atoms with Crippen LogP contribution in [0.15, 0.2) is 48.5 Å². The van der Waals surface area contributed by atoms with Gasteiger partial charge in [0.2, 0.25) is 0 Å². The summed E-state index contributed by atoms with van der Waals surface area (Å²) in [5.41, 5.74) is 0.886. The van der Waals surface area contributed by atoms with Gasteiger partial charge in [-0.3, -0.25) is 0 Å². The molecule has 1 aliphatic carbocycles. The van der Waals surface area contributed by atoms with Crippen molar-refractivity contribution < 1.29 is 19.0 Å². The summed E-state index contributed by atoms with van der Waals surface area (Å²) in [6.07, 6.45) is 3.66. The minimum Gasteiger partial charge on any atom is -0.496 e. The van der Waals surface area contributed by atoms with Crippen LogP contribution in [0.1, 0.15) is 42.7 Å². The summed E-state index contributed by atoms with van der Waals surface area (Å²) in [6, 6.07) is 14.5. The zero-order valence-electron chi connectivity index (χ0n) is 15.1. The van der Waals surface area contributed by atoms with E-state index in [0.29, 0.717) is 24.7 Å². The predicted octanol–water partition coefficient (Wildman–Crippen LogP) is 4.40. The normalized spacial score (nSPS) is 31.3. The van der Waals surface area contributed by atoms with E-state index < -0.39 is 5.60 Å². The van der Waals surface area contributed by atoms with Crippen molar-refractivity contribution in [1.82, 2.24) is 0 Å². The summed E-state index contributed by atoms with van der Waals surface area (Å²) in [7, 11) is 1.63. The zero-order valence-corrected chi connectivity index (χ0v) is 15.1. The second-order valence-electron chi connectivity index (χ2n) is 7.89. The number of para-hydroxylation sites is 1. The zero-order chi connectivity index (χ0) is 18.2. The van der Waals surface area contributed by atoms with E-state index in [1.165, 1.54) is 17.7 Å². The molecule has 2 aliphatic rings. The molecule has 2 aromatic rings. The largest absolute Gasteiger partial charge is 0.496 e. The fourth-order valence-corrected chi connectivity index (χ4v) is 4.88. The second-order valence-corrected chi connectivity index (χ2v) is 7.89. The number of benzene rings is 2. The summed E-state index contributed by atoms with van der Waals surface area (Å²) in [5, 5.41) is 11.4. The van der Waals surface area contributed by atoms with Crippen LogP contribution in [0.25, 0.3) is 0 Å².